The third kappa shape index (κ3) is 3.32. The molecule has 3 rings (SSSR count). The van der Waals surface area contributed by atoms with Gasteiger partial charge in [-0.05, 0) is 36.2 Å². The molecule has 0 aliphatic carbocycles. The molecule has 0 saturated heterocycles. The van der Waals surface area contributed by atoms with Gasteiger partial charge in [0.25, 0.3) is 0 Å². The van der Waals surface area contributed by atoms with Gasteiger partial charge in [-0.3, -0.25) is 0 Å². The molecule has 142 valence electrons. The van der Waals surface area contributed by atoms with E-state index in [0.29, 0.717) is 28.8 Å². The summed E-state index contributed by atoms with van der Waals surface area (Å²) < 4.78 is 33.7. The van der Waals surface area contributed by atoms with E-state index in [1.807, 2.05) is 6.92 Å². The second-order valence-corrected chi connectivity index (χ2v) is 6.08. The lowest BCUT2D eigenvalue weighted by atomic mass is 10.00. The highest BCUT2D eigenvalue weighted by molar-refractivity contribution is 5.97. The first-order chi connectivity index (χ1) is 13.4. The van der Waals surface area contributed by atoms with Crippen molar-refractivity contribution in [2.75, 3.05) is 0 Å². The number of nitriles is 1. The summed E-state index contributed by atoms with van der Waals surface area (Å²) in [6, 6.07) is 11.3. The van der Waals surface area contributed by atoms with Crippen LogP contribution in [0.15, 0.2) is 42.5 Å². The lowest BCUT2D eigenvalue weighted by molar-refractivity contribution is 0.0687. The molecule has 0 aliphatic heterocycles. The molecule has 0 bridgehead atoms. The zero-order chi connectivity index (χ0) is 20.4. The summed E-state index contributed by atoms with van der Waals surface area (Å²) in [6.07, 6.45) is 0.505. The van der Waals surface area contributed by atoms with Gasteiger partial charge in [0, 0.05) is 24.4 Å². The van der Waals surface area contributed by atoms with Gasteiger partial charge in [-0.2, -0.15) is 5.26 Å². The highest BCUT2D eigenvalue weighted by Crippen LogP contribution is 2.34. The van der Waals surface area contributed by atoms with E-state index >= 15 is 0 Å². The number of carboxylic acid groups (broad SMARTS) is 1. The molecular weight excluding hydrogens is 366 g/mol. The maximum atomic E-state index is 13.7. The van der Waals surface area contributed by atoms with E-state index in [2.05, 4.69) is 6.07 Å². The second kappa shape index (κ2) is 7.53. The summed E-state index contributed by atoms with van der Waals surface area (Å²) in [7, 11) is 1.61. The first-order valence-corrected chi connectivity index (χ1v) is 8.45. The van der Waals surface area contributed by atoms with Crippen molar-refractivity contribution in [2.24, 2.45) is 7.05 Å². The molecule has 5 nitrogen and oxygen atoms in total. The van der Waals surface area contributed by atoms with Gasteiger partial charge in [0.1, 0.15) is 23.3 Å². The fourth-order valence-electron chi connectivity index (χ4n) is 3.17. The minimum absolute atomic E-state index is 0.0200. The number of aromatic nitrogens is 1. The minimum Gasteiger partial charge on any atom is -0.477 e. The summed E-state index contributed by atoms with van der Waals surface area (Å²) in [6.45, 7) is 1.85. The van der Waals surface area contributed by atoms with Crippen LogP contribution in [0.5, 0.6) is 11.5 Å². The number of hydrogen-bond acceptors (Lipinski definition) is 3. The molecule has 1 N–H and O–H groups in total. The fourth-order valence-corrected chi connectivity index (χ4v) is 3.17. The van der Waals surface area contributed by atoms with Crippen molar-refractivity contribution >= 4 is 5.97 Å². The summed E-state index contributed by atoms with van der Waals surface area (Å²) in [5.74, 6) is -2.52. The summed E-state index contributed by atoms with van der Waals surface area (Å²) in [5, 5.41) is 19.2. The Morgan fingerprint density at radius 2 is 1.89 bits per heavy atom. The van der Waals surface area contributed by atoms with Gasteiger partial charge >= 0.3 is 5.97 Å². The first-order valence-electron chi connectivity index (χ1n) is 8.45. The highest BCUT2D eigenvalue weighted by atomic mass is 19.1. The molecule has 1 aromatic heterocycles. The van der Waals surface area contributed by atoms with Crippen LogP contribution < -0.4 is 4.74 Å². The third-order valence-corrected chi connectivity index (χ3v) is 4.43. The van der Waals surface area contributed by atoms with Crippen molar-refractivity contribution < 1.29 is 23.4 Å². The number of ether oxygens (including phenoxy) is 1. The molecule has 0 unspecified atom stereocenters. The number of hydrogen-bond donors (Lipinski definition) is 1. The zero-order valence-electron chi connectivity index (χ0n) is 15.2. The van der Waals surface area contributed by atoms with Crippen LogP contribution in [-0.2, 0) is 13.5 Å². The van der Waals surface area contributed by atoms with Gasteiger partial charge in [0.2, 0.25) is 0 Å². The highest BCUT2D eigenvalue weighted by Gasteiger charge is 2.25. The smallest absolute Gasteiger partial charge is 0.353 e. The number of aromatic carboxylic acids is 1. The van der Waals surface area contributed by atoms with Crippen molar-refractivity contribution in [3.05, 3.63) is 71.1 Å². The second-order valence-electron chi connectivity index (χ2n) is 6.08. The first kappa shape index (κ1) is 19.1. The number of halogens is 2. The maximum Gasteiger partial charge on any atom is 0.353 e. The lowest BCUT2D eigenvalue weighted by Crippen LogP contribution is -2.07. The molecule has 0 fully saturated rings. The van der Waals surface area contributed by atoms with Crippen molar-refractivity contribution in [2.45, 2.75) is 13.3 Å². The Bertz CT molecular complexity index is 1100. The zero-order valence-corrected chi connectivity index (χ0v) is 15.2. The average molecular weight is 382 g/mol. The molecule has 3 aromatic rings. The number of nitrogens with zero attached hydrogens (tertiary/aromatic N) is 2. The van der Waals surface area contributed by atoms with Gasteiger partial charge in [-0.25, -0.2) is 13.6 Å². The Morgan fingerprint density at radius 3 is 2.43 bits per heavy atom. The molecule has 0 spiro atoms. The molecular formula is C21H16F2N2O3. The Hall–Kier alpha value is -3.66. The van der Waals surface area contributed by atoms with E-state index in [0.717, 1.165) is 12.1 Å². The van der Waals surface area contributed by atoms with Gasteiger partial charge in [0.05, 0.1) is 5.56 Å². The van der Waals surface area contributed by atoms with E-state index in [-0.39, 0.29) is 17.2 Å². The normalized spacial score (nSPS) is 10.5. The van der Waals surface area contributed by atoms with Crippen LogP contribution in [0.4, 0.5) is 8.78 Å². The van der Waals surface area contributed by atoms with E-state index in [4.69, 9.17) is 4.74 Å². The Balaban J connectivity index is 2.02. The SMILES string of the molecule is CCc1c(C#N)c(-c2ccc(Oc3ccc(F)cc3F)cc2)c(C(=O)O)n1C. The van der Waals surface area contributed by atoms with Gasteiger partial charge in [-0.1, -0.05) is 19.1 Å². The predicted octanol–water partition coefficient (Wildman–Crippen LogP) is 4.89. The minimum atomic E-state index is -1.14. The van der Waals surface area contributed by atoms with E-state index < -0.39 is 17.6 Å². The van der Waals surface area contributed by atoms with Gasteiger partial charge < -0.3 is 14.4 Å². The fraction of sp³-hybridized carbons (Fsp3) is 0.143. The third-order valence-electron chi connectivity index (χ3n) is 4.43. The summed E-state index contributed by atoms with van der Waals surface area (Å²) in [4.78, 5) is 11.8. The maximum absolute atomic E-state index is 13.7. The molecule has 0 amide bonds. The predicted molar refractivity (Wildman–Crippen MR) is 98.3 cm³/mol. The Labute approximate surface area is 160 Å². The Kier molecular flexibility index (Phi) is 5.14. The molecule has 7 heteroatoms. The number of benzene rings is 2. The van der Waals surface area contributed by atoms with E-state index in [1.54, 1.807) is 19.2 Å². The van der Waals surface area contributed by atoms with Crippen LogP contribution in [0, 0.1) is 23.0 Å². The van der Waals surface area contributed by atoms with Crippen LogP contribution in [0.25, 0.3) is 11.1 Å². The van der Waals surface area contributed by atoms with Crippen LogP contribution >= 0.6 is 0 Å². The topological polar surface area (TPSA) is 75.2 Å². The quantitative estimate of drug-likeness (QED) is 0.681. The summed E-state index contributed by atoms with van der Waals surface area (Å²) >= 11 is 0. The molecule has 28 heavy (non-hydrogen) atoms. The van der Waals surface area contributed by atoms with Crippen molar-refractivity contribution in [1.29, 1.82) is 5.26 Å². The monoisotopic (exact) mass is 382 g/mol. The summed E-state index contributed by atoms with van der Waals surface area (Å²) in [5.41, 5.74) is 1.81. The van der Waals surface area contributed by atoms with Crippen molar-refractivity contribution in [3.8, 4) is 28.7 Å². The standard InChI is InChI=1S/C21H16F2N2O3/c1-3-17-15(11-24)19(20(21(26)27)25(17)2)12-4-7-14(8-5-12)28-18-9-6-13(22)10-16(18)23/h4-10H,3H2,1-2H3,(H,26,27). The van der Waals surface area contributed by atoms with Crippen LogP contribution in [0.2, 0.25) is 0 Å². The van der Waals surface area contributed by atoms with E-state index in [9.17, 15) is 23.9 Å². The molecule has 0 radical (unpaired) electrons. The number of carboxylic acids is 1. The molecule has 2 aromatic carbocycles. The van der Waals surface area contributed by atoms with Crippen molar-refractivity contribution in [3.63, 3.8) is 0 Å². The molecule has 1 heterocycles. The molecule has 0 atom stereocenters. The van der Waals surface area contributed by atoms with Gasteiger partial charge in [0.15, 0.2) is 11.6 Å². The van der Waals surface area contributed by atoms with Crippen LogP contribution in [0.1, 0.15) is 28.7 Å². The van der Waals surface area contributed by atoms with Gasteiger partial charge in [-0.15, -0.1) is 0 Å². The largest absolute Gasteiger partial charge is 0.477 e. The Morgan fingerprint density at radius 1 is 1.21 bits per heavy atom. The molecule has 0 saturated carbocycles. The van der Waals surface area contributed by atoms with Crippen LogP contribution in [0.3, 0.4) is 0 Å². The van der Waals surface area contributed by atoms with E-state index in [1.165, 1.54) is 22.8 Å². The molecule has 0 aliphatic rings. The lowest BCUT2D eigenvalue weighted by Gasteiger charge is -2.08. The number of rotatable bonds is 5. The van der Waals surface area contributed by atoms with Crippen LogP contribution in [-0.4, -0.2) is 15.6 Å². The van der Waals surface area contributed by atoms with Crippen molar-refractivity contribution in [1.82, 2.24) is 4.57 Å². The average Bonchev–Trinajstić information content (AvgIpc) is 2.96. The number of carbonyl (C=O) groups is 1.